The van der Waals surface area contributed by atoms with Gasteiger partial charge in [-0.1, -0.05) is 29.3 Å². The van der Waals surface area contributed by atoms with Crippen LogP contribution in [0.1, 0.15) is 20.7 Å². The zero-order chi connectivity index (χ0) is 18.9. The molecule has 0 saturated carbocycles. The standard InChI is InChI=1S/C20H10Cl2N2O3/c21-11-2-1-3-12(22)15(11)10-7-14-16(18-17(10)19(26)24-20(18)27)9-6-8(25)4-5-13(9)23-14/h1-7,23,25H,(H,24,26,27). The summed E-state index contributed by atoms with van der Waals surface area (Å²) in [4.78, 5) is 28.4. The summed E-state index contributed by atoms with van der Waals surface area (Å²) in [6.07, 6.45) is 0. The molecule has 3 N–H and O–H groups in total. The zero-order valence-electron chi connectivity index (χ0n) is 13.6. The summed E-state index contributed by atoms with van der Waals surface area (Å²) in [6.45, 7) is 0. The molecular formula is C20H10Cl2N2O3. The molecule has 1 aliphatic heterocycles. The van der Waals surface area contributed by atoms with Crippen LogP contribution >= 0.6 is 23.2 Å². The van der Waals surface area contributed by atoms with Crippen LogP contribution in [0.5, 0.6) is 5.75 Å². The number of H-pyrrole nitrogens is 1. The number of hydrogen-bond acceptors (Lipinski definition) is 3. The fourth-order valence-electron chi connectivity index (χ4n) is 3.70. The van der Waals surface area contributed by atoms with Crippen molar-refractivity contribution < 1.29 is 14.7 Å². The number of carbonyl (C=O) groups excluding carboxylic acids is 2. The molecule has 1 aliphatic rings. The second kappa shape index (κ2) is 5.49. The van der Waals surface area contributed by atoms with E-state index in [9.17, 15) is 14.7 Å². The highest BCUT2D eigenvalue weighted by Gasteiger charge is 2.34. The van der Waals surface area contributed by atoms with E-state index in [1.54, 1.807) is 42.5 Å². The van der Waals surface area contributed by atoms with Crippen LogP contribution in [0, 0.1) is 0 Å². The van der Waals surface area contributed by atoms with E-state index in [2.05, 4.69) is 10.3 Å². The first-order chi connectivity index (χ1) is 13.0. The Morgan fingerprint density at radius 2 is 1.52 bits per heavy atom. The number of amides is 2. The fourth-order valence-corrected chi connectivity index (χ4v) is 4.30. The molecule has 5 rings (SSSR count). The molecule has 1 aromatic heterocycles. The molecule has 2 heterocycles. The second-order valence-electron chi connectivity index (χ2n) is 6.33. The molecule has 0 aliphatic carbocycles. The first kappa shape index (κ1) is 16.2. The summed E-state index contributed by atoms with van der Waals surface area (Å²) in [6, 6.07) is 11.7. The molecule has 27 heavy (non-hydrogen) atoms. The Kier molecular flexibility index (Phi) is 3.29. The SMILES string of the molecule is O=C1NC(=O)c2c1c(-c1c(Cl)cccc1Cl)cc1[nH]c3ccc(O)cc3c21. The summed E-state index contributed by atoms with van der Waals surface area (Å²) < 4.78 is 0. The highest BCUT2D eigenvalue weighted by atomic mass is 35.5. The largest absolute Gasteiger partial charge is 0.508 e. The zero-order valence-corrected chi connectivity index (χ0v) is 15.1. The van der Waals surface area contributed by atoms with Crippen LogP contribution < -0.4 is 5.32 Å². The predicted molar refractivity (Wildman–Crippen MR) is 105 cm³/mol. The Hall–Kier alpha value is -3.02. The van der Waals surface area contributed by atoms with E-state index >= 15 is 0 Å². The minimum absolute atomic E-state index is 0.0695. The lowest BCUT2D eigenvalue weighted by Crippen LogP contribution is -2.20. The van der Waals surface area contributed by atoms with Gasteiger partial charge in [-0.3, -0.25) is 14.9 Å². The van der Waals surface area contributed by atoms with Crippen LogP contribution in [0.2, 0.25) is 10.0 Å². The minimum Gasteiger partial charge on any atom is -0.508 e. The van der Waals surface area contributed by atoms with Gasteiger partial charge in [0.15, 0.2) is 0 Å². The number of benzene rings is 3. The van der Waals surface area contributed by atoms with Crippen LogP contribution in [0.15, 0.2) is 42.5 Å². The van der Waals surface area contributed by atoms with Crippen LogP contribution in [-0.4, -0.2) is 21.9 Å². The topological polar surface area (TPSA) is 82.2 Å². The molecule has 5 nitrogen and oxygen atoms in total. The number of hydrogen-bond donors (Lipinski definition) is 3. The average molecular weight is 397 g/mol. The maximum absolute atomic E-state index is 12.6. The lowest BCUT2D eigenvalue weighted by atomic mass is 9.93. The van der Waals surface area contributed by atoms with Crippen molar-refractivity contribution in [1.29, 1.82) is 0 Å². The van der Waals surface area contributed by atoms with E-state index in [0.29, 0.717) is 37.5 Å². The molecule has 0 radical (unpaired) electrons. The van der Waals surface area contributed by atoms with Crippen LogP contribution in [0.4, 0.5) is 0 Å². The van der Waals surface area contributed by atoms with Gasteiger partial charge in [0.2, 0.25) is 0 Å². The number of phenolic OH excluding ortho intramolecular Hbond substituents is 1. The number of nitrogens with one attached hydrogen (secondary N) is 2. The van der Waals surface area contributed by atoms with E-state index in [1.165, 1.54) is 0 Å². The highest BCUT2D eigenvalue weighted by Crippen LogP contribution is 2.43. The Bertz CT molecular complexity index is 1300. The maximum atomic E-state index is 12.6. The molecule has 7 heteroatoms. The van der Waals surface area contributed by atoms with Crippen molar-refractivity contribution in [2.45, 2.75) is 0 Å². The molecule has 2 amide bonds. The van der Waals surface area contributed by atoms with E-state index in [4.69, 9.17) is 23.2 Å². The number of carbonyl (C=O) groups is 2. The third-order valence-corrected chi connectivity index (χ3v) is 5.41. The molecule has 0 atom stereocenters. The maximum Gasteiger partial charge on any atom is 0.259 e. The number of phenols is 1. The van der Waals surface area contributed by atoms with Crippen LogP contribution in [0.25, 0.3) is 32.9 Å². The van der Waals surface area contributed by atoms with Crippen molar-refractivity contribution in [3.8, 4) is 16.9 Å². The van der Waals surface area contributed by atoms with E-state index in [1.807, 2.05) is 0 Å². The Morgan fingerprint density at radius 1 is 0.815 bits per heavy atom. The fraction of sp³-hybridized carbons (Fsp3) is 0. The number of aromatic amines is 1. The predicted octanol–water partition coefficient (Wildman–Crippen LogP) is 4.88. The van der Waals surface area contributed by atoms with Crippen molar-refractivity contribution in [1.82, 2.24) is 10.3 Å². The van der Waals surface area contributed by atoms with Gasteiger partial charge in [0.05, 0.1) is 11.1 Å². The third-order valence-electron chi connectivity index (χ3n) is 4.78. The van der Waals surface area contributed by atoms with E-state index < -0.39 is 11.8 Å². The Morgan fingerprint density at radius 3 is 2.26 bits per heavy atom. The van der Waals surface area contributed by atoms with Gasteiger partial charge >= 0.3 is 0 Å². The molecule has 4 aromatic rings. The van der Waals surface area contributed by atoms with E-state index in [-0.39, 0.29) is 16.9 Å². The number of aromatic nitrogens is 1. The smallest absolute Gasteiger partial charge is 0.259 e. The molecule has 0 spiro atoms. The number of rotatable bonds is 1. The summed E-state index contributed by atoms with van der Waals surface area (Å²) in [5.41, 5.74) is 2.83. The summed E-state index contributed by atoms with van der Waals surface area (Å²) in [5, 5.41) is 14.2. The number of aromatic hydroxyl groups is 1. The molecule has 0 unspecified atom stereocenters. The second-order valence-corrected chi connectivity index (χ2v) is 7.15. The number of imide groups is 1. The van der Waals surface area contributed by atoms with Gasteiger partial charge in [0, 0.05) is 43.0 Å². The lowest BCUT2D eigenvalue weighted by Gasteiger charge is -2.11. The van der Waals surface area contributed by atoms with Crippen molar-refractivity contribution in [2.75, 3.05) is 0 Å². The monoisotopic (exact) mass is 396 g/mol. The summed E-state index contributed by atoms with van der Waals surface area (Å²) >= 11 is 12.7. The first-order valence-corrected chi connectivity index (χ1v) is 8.83. The molecule has 0 bridgehead atoms. The Balaban J connectivity index is 2.01. The highest BCUT2D eigenvalue weighted by molar-refractivity contribution is 6.40. The minimum atomic E-state index is -0.502. The summed E-state index contributed by atoms with van der Waals surface area (Å²) in [5.74, 6) is -0.924. The van der Waals surface area contributed by atoms with Crippen LogP contribution in [-0.2, 0) is 0 Å². The van der Waals surface area contributed by atoms with Gasteiger partial charge < -0.3 is 10.1 Å². The van der Waals surface area contributed by atoms with Crippen LogP contribution in [0.3, 0.4) is 0 Å². The van der Waals surface area contributed by atoms with Crippen molar-refractivity contribution in [3.05, 3.63) is 63.6 Å². The van der Waals surface area contributed by atoms with Gasteiger partial charge in [-0.25, -0.2) is 0 Å². The average Bonchev–Trinajstić information content (AvgIpc) is 3.11. The quantitative estimate of drug-likeness (QED) is 0.400. The van der Waals surface area contributed by atoms with Gasteiger partial charge in [-0.15, -0.1) is 0 Å². The molecule has 0 fully saturated rings. The van der Waals surface area contributed by atoms with Gasteiger partial charge in [-0.2, -0.15) is 0 Å². The van der Waals surface area contributed by atoms with Gasteiger partial charge in [0.1, 0.15) is 5.75 Å². The molecule has 0 saturated heterocycles. The van der Waals surface area contributed by atoms with E-state index in [0.717, 1.165) is 5.52 Å². The Labute approximate surface area is 162 Å². The third kappa shape index (κ3) is 2.19. The van der Waals surface area contributed by atoms with Crippen molar-refractivity contribution in [2.24, 2.45) is 0 Å². The first-order valence-electron chi connectivity index (χ1n) is 8.07. The lowest BCUT2D eigenvalue weighted by molar-refractivity contribution is 0.0880. The molecule has 132 valence electrons. The number of fused-ring (bicyclic) bond motifs is 5. The molecular weight excluding hydrogens is 387 g/mol. The molecule has 3 aromatic carbocycles. The number of halogens is 2. The van der Waals surface area contributed by atoms with Crippen molar-refractivity contribution in [3.63, 3.8) is 0 Å². The normalized spacial score (nSPS) is 13.4. The summed E-state index contributed by atoms with van der Waals surface area (Å²) in [7, 11) is 0. The van der Waals surface area contributed by atoms with Gasteiger partial charge in [-0.05, 0) is 36.4 Å². The van der Waals surface area contributed by atoms with Gasteiger partial charge in [0.25, 0.3) is 11.8 Å². The van der Waals surface area contributed by atoms with Crippen molar-refractivity contribution >= 4 is 56.8 Å².